The zero-order valence-electron chi connectivity index (χ0n) is 11.3. The van der Waals surface area contributed by atoms with Crippen molar-refractivity contribution in [3.05, 3.63) is 53.1 Å². The number of nitrogen functional groups attached to an aromatic ring is 1. The molecule has 2 aromatic rings. The van der Waals surface area contributed by atoms with Gasteiger partial charge in [-0.25, -0.2) is 4.79 Å². The van der Waals surface area contributed by atoms with Crippen LogP contribution in [0.4, 0.5) is 17.1 Å². The molecule has 5 nitrogen and oxygen atoms in total. The van der Waals surface area contributed by atoms with Gasteiger partial charge in [0.1, 0.15) is 0 Å². The molecule has 0 atom stereocenters. The summed E-state index contributed by atoms with van der Waals surface area (Å²) in [5.41, 5.74) is 10.1. The van der Waals surface area contributed by atoms with E-state index in [1.165, 1.54) is 12.1 Å². The maximum Gasteiger partial charge on any atom is 0.335 e. The highest BCUT2D eigenvalue weighted by molar-refractivity contribution is 5.87. The van der Waals surface area contributed by atoms with Gasteiger partial charge in [-0.1, -0.05) is 0 Å². The minimum absolute atomic E-state index is 0.225. The fourth-order valence-corrected chi connectivity index (χ4v) is 1.80. The van der Waals surface area contributed by atoms with Gasteiger partial charge in [0.25, 0.3) is 0 Å². The Morgan fingerprint density at radius 2 is 1.50 bits per heavy atom. The van der Waals surface area contributed by atoms with Gasteiger partial charge in [-0.2, -0.15) is 10.2 Å². The Hall–Kier alpha value is -2.69. The molecule has 102 valence electrons. The third-order valence-corrected chi connectivity index (χ3v) is 2.97. The van der Waals surface area contributed by atoms with E-state index < -0.39 is 5.97 Å². The van der Waals surface area contributed by atoms with Crippen LogP contribution in [0.3, 0.4) is 0 Å². The maximum absolute atomic E-state index is 10.7. The number of carbonyl (C=O) groups is 1. The van der Waals surface area contributed by atoms with Crippen molar-refractivity contribution in [2.45, 2.75) is 13.8 Å². The minimum atomic E-state index is -0.960. The van der Waals surface area contributed by atoms with Crippen molar-refractivity contribution in [2.24, 2.45) is 10.2 Å². The van der Waals surface area contributed by atoms with Gasteiger partial charge in [0, 0.05) is 5.69 Å². The molecular formula is C15H15N3O2. The van der Waals surface area contributed by atoms with Crippen LogP contribution in [0.15, 0.2) is 46.6 Å². The predicted octanol–water partition coefficient (Wildman–Crippen LogP) is 4.00. The summed E-state index contributed by atoms with van der Waals surface area (Å²) in [5.74, 6) is -0.960. The first kappa shape index (κ1) is 13.7. The first-order valence-corrected chi connectivity index (χ1v) is 6.09. The number of carboxylic acids is 1. The van der Waals surface area contributed by atoms with Crippen molar-refractivity contribution in [1.29, 1.82) is 0 Å². The molecule has 5 heteroatoms. The molecule has 0 saturated heterocycles. The molecule has 0 saturated carbocycles. The van der Waals surface area contributed by atoms with E-state index >= 15 is 0 Å². The largest absolute Gasteiger partial charge is 0.478 e. The number of nitrogens with two attached hydrogens (primary N) is 1. The van der Waals surface area contributed by atoms with Crippen LogP contribution in [0.25, 0.3) is 0 Å². The van der Waals surface area contributed by atoms with Crippen LogP contribution in [0.2, 0.25) is 0 Å². The normalized spacial score (nSPS) is 10.9. The number of anilines is 1. The van der Waals surface area contributed by atoms with Gasteiger partial charge in [0.2, 0.25) is 0 Å². The second-order valence-electron chi connectivity index (χ2n) is 4.55. The van der Waals surface area contributed by atoms with E-state index in [9.17, 15) is 4.79 Å². The number of aryl methyl sites for hydroxylation is 2. The lowest BCUT2D eigenvalue weighted by Crippen LogP contribution is -1.94. The van der Waals surface area contributed by atoms with Crippen LogP contribution in [0, 0.1) is 13.8 Å². The van der Waals surface area contributed by atoms with E-state index in [0.717, 1.165) is 22.5 Å². The van der Waals surface area contributed by atoms with Crippen molar-refractivity contribution >= 4 is 23.0 Å². The van der Waals surface area contributed by atoms with Crippen LogP contribution in [0.1, 0.15) is 21.5 Å². The van der Waals surface area contributed by atoms with Crippen molar-refractivity contribution in [3.63, 3.8) is 0 Å². The van der Waals surface area contributed by atoms with Crippen molar-refractivity contribution < 1.29 is 9.90 Å². The summed E-state index contributed by atoms with van der Waals surface area (Å²) < 4.78 is 0. The molecule has 0 bridgehead atoms. The van der Waals surface area contributed by atoms with E-state index in [0.29, 0.717) is 5.69 Å². The number of azo groups is 1. The topological polar surface area (TPSA) is 88.0 Å². The Morgan fingerprint density at radius 1 is 1.00 bits per heavy atom. The number of aromatic carboxylic acids is 1. The van der Waals surface area contributed by atoms with E-state index in [2.05, 4.69) is 10.2 Å². The van der Waals surface area contributed by atoms with E-state index in [-0.39, 0.29) is 5.56 Å². The van der Waals surface area contributed by atoms with E-state index in [4.69, 9.17) is 10.8 Å². The summed E-state index contributed by atoms with van der Waals surface area (Å²) >= 11 is 0. The van der Waals surface area contributed by atoms with Gasteiger partial charge >= 0.3 is 5.97 Å². The Morgan fingerprint density at radius 3 is 2.00 bits per heavy atom. The molecule has 0 aliphatic carbocycles. The molecule has 0 heterocycles. The molecule has 0 aliphatic rings. The summed E-state index contributed by atoms with van der Waals surface area (Å²) in [5, 5.41) is 17.0. The zero-order chi connectivity index (χ0) is 14.7. The third kappa shape index (κ3) is 3.00. The first-order valence-electron chi connectivity index (χ1n) is 6.09. The van der Waals surface area contributed by atoms with Gasteiger partial charge in [-0.05, 0) is 61.4 Å². The molecular weight excluding hydrogens is 254 g/mol. The lowest BCUT2D eigenvalue weighted by Gasteiger charge is -2.04. The molecule has 0 unspecified atom stereocenters. The highest BCUT2D eigenvalue weighted by atomic mass is 16.4. The molecule has 2 aromatic carbocycles. The number of hydrogen-bond acceptors (Lipinski definition) is 4. The number of nitrogens with zero attached hydrogens (tertiary/aromatic N) is 2. The molecule has 2 rings (SSSR count). The lowest BCUT2D eigenvalue weighted by atomic mass is 10.1. The van der Waals surface area contributed by atoms with Gasteiger partial charge in [0.15, 0.2) is 0 Å². The molecule has 0 radical (unpaired) electrons. The SMILES string of the molecule is Cc1cc(N=Nc2ccc(C(=O)O)cc2)cc(C)c1N. The summed E-state index contributed by atoms with van der Waals surface area (Å²) in [6.45, 7) is 3.84. The van der Waals surface area contributed by atoms with Gasteiger partial charge in [-0.3, -0.25) is 0 Å². The molecule has 0 aromatic heterocycles. The van der Waals surface area contributed by atoms with Crippen LogP contribution in [-0.2, 0) is 0 Å². The molecule has 3 N–H and O–H groups in total. The van der Waals surface area contributed by atoms with Crippen molar-refractivity contribution in [2.75, 3.05) is 5.73 Å². The minimum Gasteiger partial charge on any atom is -0.478 e. The highest BCUT2D eigenvalue weighted by Crippen LogP contribution is 2.25. The summed E-state index contributed by atoms with van der Waals surface area (Å²) in [7, 11) is 0. The fourth-order valence-electron chi connectivity index (χ4n) is 1.80. The van der Waals surface area contributed by atoms with E-state index in [1.807, 2.05) is 26.0 Å². The average molecular weight is 269 g/mol. The average Bonchev–Trinajstić information content (AvgIpc) is 2.42. The quantitative estimate of drug-likeness (QED) is 0.652. The van der Waals surface area contributed by atoms with Crippen molar-refractivity contribution in [1.82, 2.24) is 0 Å². The van der Waals surface area contributed by atoms with Crippen LogP contribution in [-0.4, -0.2) is 11.1 Å². The standard InChI is InChI=1S/C15H15N3O2/c1-9-7-13(8-10(2)14(9)16)18-17-12-5-3-11(4-6-12)15(19)20/h3-8H,16H2,1-2H3,(H,19,20). The number of carboxylic acid groups (broad SMARTS) is 1. The molecule has 0 aliphatic heterocycles. The van der Waals surface area contributed by atoms with Crippen LogP contribution >= 0.6 is 0 Å². The Balaban J connectivity index is 2.23. The van der Waals surface area contributed by atoms with E-state index in [1.54, 1.807) is 12.1 Å². The monoisotopic (exact) mass is 269 g/mol. The predicted molar refractivity (Wildman–Crippen MR) is 77.9 cm³/mol. The Bertz CT molecular complexity index is 653. The first-order chi connectivity index (χ1) is 9.47. The fraction of sp³-hybridized carbons (Fsp3) is 0.133. The highest BCUT2D eigenvalue weighted by Gasteiger charge is 2.02. The van der Waals surface area contributed by atoms with Crippen molar-refractivity contribution in [3.8, 4) is 0 Å². The number of hydrogen-bond donors (Lipinski definition) is 2. The summed E-state index contributed by atoms with van der Waals surface area (Å²) in [6.07, 6.45) is 0. The molecule has 0 spiro atoms. The zero-order valence-corrected chi connectivity index (χ0v) is 11.3. The van der Waals surface area contributed by atoms with Gasteiger partial charge in [0.05, 0.1) is 16.9 Å². The lowest BCUT2D eigenvalue weighted by molar-refractivity contribution is 0.0697. The molecule has 0 fully saturated rings. The second kappa shape index (κ2) is 5.52. The number of benzene rings is 2. The molecule has 20 heavy (non-hydrogen) atoms. The summed E-state index contributed by atoms with van der Waals surface area (Å²) in [6, 6.07) is 9.94. The van der Waals surface area contributed by atoms with Gasteiger partial charge in [-0.15, -0.1) is 0 Å². The molecule has 0 amide bonds. The Labute approximate surface area is 116 Å². The smallest absolute Gasteiger partial charge is 0.335 e. The maximum atomic E-state index is 10.7. The summed E-state index contributed by atoms with van der Waals surface area (Å²) in [4.78, 5) is 10.7. The van der Waals surface area contributed by atoms with Gasteiger partial charge < -0.3 is 10.8 Å². The second-order valence-corrected chi connectivity index (χ2v) is 4.55. The van der Waals surface area contributed by atoms with Crippen LogP contribution in [0.5, 0.6) is 0 Å². The van der Waals surface area contributed by atoms with Crippen LogP contribution < -0.4 is 5.73 Å². The Kier molecular flexibility index (Phi) is 3.79. The number of rotatable bonds is 3. The third-order valence-electron chi connectivity index (χ3n) is 2.97.